The van der Waals surface area contributed by atoms with Gasteiger partial charge in [-0.25, -0.2) is 9.37 Å². The highest BCUT2D eigenvalue weighted by atomic mass is 19.1. The van der Waals surface area contributed by atoms with Crippen molar-refractivity contribution in [3.8, 4) is 0 Å². The van der Waals surface area contributed by atoms with Crippen molar-refractivity contribution in [2.75, 3.05) is 10.6 Å². The van der Waals surface area contributed by atoms with Crippen LogP contribution in [0.15, 0.2) is 72.9 Å². The van der Waals surface area contributed by atoms with Gasteiger partial charge in [-0.3, -0.25) is 4.79 Å². The summed E-state index contributed by atoms with van der Waals surface area (Å²) in [7, 11) is 0. The van der Waals surface area contributed by atoms with Crippen molar-refractivity contribution in [1.82, 2.24) is 4.98 Å². The van der Waals surface area contributed by atoms with E-state index < -0.39 is 0 Å². The molecule has 5 heteroatoms. The summed E-state index contributed by atoms with van der Waals surface area (Å²) in [5, 5.41) is 5.96. The van der Waals surface area contributed by atoms with Crippen LogP contribution in [0, 0.1) is 5.82 Å². The monoisotopic (exact) mass is 321 g/mol. The van der Waals surface area contributed by atoms with E-state index in [0.717, 1.165) is 16.9 Å². The lowest BCUT2D eigenvalue weighted by Crippen LogP contribution is -2.13. The van der Waals surface area contributed by atoms with Gasteiger partial charge in [0.1, 0.15) is 11.5 Å². The van der Waals surface area contributed by atoms with Crippen molar-refractivity contribution in [2.24, 2.45) is 0 Å². The minimum atomic E-state index is -0.258. The average molecular weight is 321 g/mol. The third-order valence-electron chi connectivity index (χ3n) is 3.44. The molecule has 1 amide bonds. The lowest BCUT2D eigenvalue weighted by atomic mass is 10.2. The summed E-state index contributed by atoms with van der Waals surface area (Å²) < 4.78 is 12.9. The summed E-state index contributed by atoms with van der Waals surface area (Å²) in [4.78, 5) is 16.3. The highest BCUT2D eigenvalue weighted by Gasteiger charge is 2.07. The minimum Gasteiger partial charge on any atom is -0.380 e. The van der Waals surface area contributed by atoms with E-state index in [1.807, 2.05) is 30.3 Å². The van der Waals surface area contributed by atoms with Gasteiger partial charge in [-0.15, -0.1) is 0 Å². The Hall–Kier alpha value is -3.21. The SMILES string of the molecule is O=C(Nc1ccccc1)c1ccc(NCc2ccc(F)cc2)cn1. The van der Waals surface area contributed by atoms with Gasteiger partial charge in [0.2, 0.25) is 0 Å². The Morgan fingerprint density at radius 2 is 1.67 bits per heavy atom. The topological polar surface area (TPSA) is 54.0 Å². The number of amides is 1. The number of pyridine rings is 1. The molecular formula is C19H16FN3O. The lowest BCUT2D eigenvalue weighted by molar-refractivity contribution is 0.102. The fraction of sp³-hybridized carbons (Fsp3) is 0.0526. The first-order valence-corrected chi connectivity index (χ1v) is 7.51. The van der Waals surface area contributed by atoms with Gasteiger partial charge < -0.3 is 10.6 Å². The normalized spacial score (nSPS) is 10.2. The third kappa shape index (κ3) is 4.16. The predicted octanol–water partition coefficient (Wildman–Crippen LogP) is 4.09. The summed E-state index contributed by atoms with van der Waals surface area (Å²) >= 11 is 0. The summed E-state index contributed by atoms with van der Waals surface area (Å²) in [5.74, 6) is -0.513. The van der Waals surface area contributed by atoms with Gasteiger partial charge in [0.15, 0.2) is 0 Å². The molecule has 0 radical (unpaired) electrons. The molecule has 0 saturated heterocycles. The smallest absolute Gasteiger partial charge is 0.274 e. The molecule has 1 aromatic heterocycles. The molecule has 1 heterocycles. The molecule has 0 fully saturated rings. The van der Waals surface area contributed by atoms with E-state index in [1.165, 1.54) is 12.1 Å². The highest BCUT2D eigenvalue weighted by molar-refractivity contribution is 6.02. The molecule has 0 saturated carbocycles. The first-order chi connectivity index (χ1) is 11.7. The molecule has 0 bridgehead atoms. The van der Waals surface area contributed by atoms with Gasteiger partial charge >= 0.3 is 0 Å². The Labute approximate surface area is 139 Å². The molecule has 0 aliphatic heterocycles. The van der Waals surface area contributed by atoms with E-state index in [-0.39, 0.29) is 11.7 Å². The molecule has 0 spiro atoms. The molecule has 2 aromatic carbocycles. The second-order valence-electron chi connectivity index (χ2n) is 5.23. The molecule has 120 valence electrons. The first kappa shape index (κ1) is 15.7. The average Bonchev–Trinajstić information content (AvgIpc) is 2.62. The van der Waals surface area contributed by atoms with Crippen LogP contribution in [0.2, 0.25) is 0 Å². The molecule has 4 nitrogen and oxygen atoms in total. The first-order valence-electron chi connectivity index (χ1n) is 7.51. The summed E-state index contributed by atoms with van der Waals surface area (Å²) in [6, 6.07) is 19.0. The Balaban J connectivity index is 1.58. The van der Waals surface area contributed by atoms with Gasteiger partial charge in [-0.05, 0) is 42.0 Å². The van der Waals surface area contributed by atoms with Crippen molar-refractivity contribution in [3.05, 3.63) is 90.0 Å². The second kappa shape index (κ2) is 7.37. The molecule has 24 heavy (non-hydrogen) atoms. The van der Waals surface area contributed by atoms with E-state index in [4.69, 9.17) is 0 Å². The Morgan fingerprint density at radius 3 is 2.33 bits per heavy atom. The van der Waals surface area contributed by atoms with E-state index in [1.54, 1.807) is 30.5 Å². The number of hydrogen-bond donors (Lipinski definition) is 2. The van der Waals surface area contributed by atoms with Gasteiger partial charge in [0.25, 0.3) is 5.91 Å². The van der Waals surface area contributed by atoms with Crippen LogP contribution in [-0.4, -0.2) is 10.9 Å². The summed E-state index contributed by atoms with van der Waals surface area (Å²) in [6.45, 7) is 0.553. The minimum absolute atomic E-state index is 0.255. The maximum Gasteiger partial charge on any atom is 0.274 e. The molecule has 0 unspecified atom stereocenters. The highest BCUT2D eigenvalue weighted by Crippen LogP contribution is 2.11. The molecule has 2 N–H and O–H groups in total. The Morgan fingerprint density at radius 1 is 0.917 bits per heavy atom. The maximum atomic E-state index is 12.9. The van der Waals surface area contributed by atoms with Crippen molar-refractivity contribution < 1.29 is 9.18 Å². The van der Waals surface area contributed by atoms with Gasteiger partial charge in [-0.1, -0.05) is 30.3 Å². The molecule has 3 rings (SSSR count). The summed E-state index contributed by atoms with van der Waals surface area (Å²) in [6.07, 6.45) is 1.60. The van der Waals surface area contributed by atoms with Crippen LogP contribution >= 0.6 is 0 Å². The largest absolute Gasteiger partial charge is 0.380 e. The number of nitrogens with zero attached hydrogens (tertiary/aromatic N) is 1. The fourth-order valence-electron chi connectivity index (χ4n) is 2.16. The molecule has 0 aliphatic rings. The number of rotatable bonds is 5. The third-order valence-corrected chi connectivity index (χ3v) is 3.44. The van der Waals surface area contributed by atoms with Crippen LogP contribution in [0.25, 0.3) is 0 Å². The fourth-order valence-corrected chi connectivity index (χ4v) is 2.16. The lowest BCUT2D eigenvalue weighted by Gasteiger charge is -2.08. The van der Waals surface area contributed by atoms with Crippen LogP contribution in [0.3, 0.4) is 0 Å². The number of carbonyl (C=O) groups excluding carboxylic acids is 1. The second-order valence-corrected chi connectivity index (χ2v) is 5.23. The number of para-hydroxylation sites is 1. The van der Waals surface area contributed by atoms with E-state index in [9.17, 15) is 9.18 Å². The Bertz CT molecular complexity index is 802. The van der Waals surface area contributed by atoms with Gasteiger partial charge in [-0.2, -0.15) is 0 Å². The quantitative estimate of drug-likeness (QED) is 0.744. The number of anilines is 2. The van der Waals surface area contributed by atoms with Crippen LogP contribution in [0.1, 0.15) is 16.1 Å². The molecule has 3 aromatic rings. The zero-order chi connectivity index (χ0) is 16.8. The Kier molecular flexibility index (Phi) is 4.81. The predicted molar refractivity (Wildman–Crippen MR) is 92.4 cm³/mol. The zero-order valence-corrected chi connectivity index (χ0v) is 12.9. The number of nitrogens with one attached hydrogen (secondary N) is 2. The molecule has 0 aliphatic carbocycles. The van der Waals surface area contributed by atoms with Crippen molar-refractivity contribution in [1.29, 1.82) is 0 Å². The molecular weight excluding hydrogens is 305 g/mol. The van der Waals surface area contributed by atoms with E-state index >= 15 is 0 Å². The van der Waals surface area contributed by atoms with E-state index in [0.29, 0.717) is 12.2 Å². The van der Waals surface area contributed by atoms with Crippen LogP contribution < -0.4 is 10.6 Å². The molecule has 0 atom stereocenters. The number of halogens is 1. The van der Waals surface area contributed by atoms with Crippen molar-refractivity contribution >= 4 is 17.3 Å². The van der Waals surface area contributed by atoms with Crippen molar-refractivity contribution in [3.63, 3.8) is 0 Å². The van der Waals surface area contributed by atoms with Crippen molar-refractivity contribution in [2.45, 2.75) is 6.54 Å². The van der Waals surface area contributed by atoms with Gasteiger partial charge in [0, 0.05) is 12.2 Å². The van der Waals surface area contributed by atoms with Crippen LogP contribution in [0.5, 0.6) is 0 Å². The summed E-state index contributed by atoms with van der Waals surface area (Å²) in [5.41, 5.74) is 2.81. The number of benzene rings is 2. The van der Waals surface area contributed by atoms with Crippen LogP contribution in [0.4, 0.5) is 15.8 Å². The van der Waals surface area contributed by atoms with E-state index in [2.05, 4.69) is 15.6 Å². The number of carbonyl (C=O) groups is 1. The zero-order valence-electron chi connectivity index (χ0n) is 12.9. The standard InChI is InChI=1S/C19H16FN3O/c20-15-8-6-14(7-9-15)12-21-17-10-11-18(22-13-17)19(24)23-16-4-2-1-3-5-16/h1-11,13,21H,12H2,(H,23,24). The maximum absolute atomic E-state index is 12.9. The number of hydrogen-bond acceptors (Lipinski definition) is 3. The van der Waals surface area contributed by atoms with Crippen LogP contribution in [-0.2, 0) is 6.54 Å². The van der Waals surface area contributed by atoms with Gasteiger partial charge in [0.05, 0.1) is 11.9 Å². The number of aromatic nitrogens is 1.